The molecule has 0 aromatic heterocycles. The molecule has 1 unspecified atom stereocenters. The summed E-state index contributed by atoms with van der Waals surface area (Å²) in [6.45, 7) is 0. The van der Waals surface area contributed by atoms with Gasteiger partial charge in [0, 0.05) is 9.24 Å². The van der Waals surface area contributed by atoms with E-state index in [1.54, 1.807) is 0 Å². The Labute approximate surface area is 140 Å². The molecule has 0 saturated carbocycles. The molecule has 0 spiro atoms. The summed E-state index contributed by atoms with van der Waals surface area (Å²) in [6, 6.07) is 27.9. The van der Waals surface area contributed by atoms with Crippen LogP contribution >= 0.6 is 9.24 Å². The molecule has 0 N–H and O–H groups in total. The highest BCUT2D eigenvalue weighted by atomic mass is 31.0. The highest BCUT2D eigenvalue weighted by Crippen LogP contribution is 2.26. The highest BCUT2D eigenvalue weighted by molar-refractivity contribution is 7.27. The van der Waals surface area contributed by atoms with Crippen LogP contribution in [0, 0.1) is 0 Å². The number of rotatable bonds is 2. The van der Waals surface area contributed by atoms with E-state index >= 15 is 0 Å². The van der Waals surface area contributed by atoms with Gasteiger partial charge in [-0.25, -0.2) is 0 Å². The first kappa shape index (κ1) is 18.2. The molecule has 3 rings (SSSR count). The minimum absolute atomic E-state index is 1.27. The zero-order valence-electron chi connectivity index (χ0n) is 12.8. The normalized spacial score (nSPS) is 10.8. The third kappa shape index (κ3) is 6.17. The minimum Gasteiger partial charge on any atom is -0.418 e. The van der Waals surface area contributed by atoms with Crippen LogP contribution in [0.25, 0.3) is 22.3 Å². The summed E-state index contributed by atoms with van der Waals surface area (Å²) in [5, 5.41) is 1.32. The lowest BCUT2D eigenvalue weighted by Crippen LogP contribution is -2.02. The summed E-state index contributed by atoms with van der Waals surface area (Å²) in [5.41, 5.74) is 5.11. The summed E-state index contributed by atoms with van der Waals surface area (Å²) in [5.74, 6) is 0. The Kier molecular flexibility index (Phi) is 6.16. The van der Waals surface area contributed by atoms with E-state index in [9.17, 15) is 17.3 Å². The lowest BCUT2D eigenvalue weighted by molar-refractivity contribution is 0.368. The van der Waals surface area contributed by atoms with Crippen LogP contribution in [0.3, 0.4) is 0 Å². The fraction of sp³-hybridized carbons (Fsp3) is 0. The van der Waals surface area contributed by atoms with Crippen molar-refractivity contribution in [2.24, 2.45) is 0 Å². The molecule has 0 amide bonds. The molecule has 3 aromatic rings. The summed E-state index contributed by atoms with van der Waals surface area (Å²) < 4.78 is 39.0. The second-order valence-electron chi connectivity index (χ2n) is 5.15. The van der Waals surface area contributed by atoms with Crippen molar-refractivity contribution in [3.05, 3.63) is 78.9 Å². The Bertz CT molecular complexity index is 710. The maximum atomic E-state index is 9.75. The average Bonchev–Trinajstić information content (AvgIpc) is 2.54. The Hall–Kier alpha value is -2.13. The fourth-order valence-corrected chi connectivity index (χ4v) is 2.73. The van der Waals surface area contributed by atoms with Crippen LogP contribution in [0.15, 0.2) is 78.9 Å². The molecule has 0 saturated heterocycles. The number of hydrogen-bond acceptors (Lipinski definition) is 0. The van der Waals surface area contributed by atoms with Gasteiger partial charge in [0.05, 0.1) is 5.30 Å². The van der Waals surface area contributed by atoms with Crippen molar-refractivity contribution in [2.75, 3.05) is 0 Å². The summed E-state index contributed by atoms with van der Waals surface area (Å²) in [7, 11) is -4.06. The minimum atomic E-state index is -6.00. The van der Waals surface area contributed by atoms with Crippen molar-refractivity contribution in [3.8, 4) is 22.3 Å². The predicted octanol–water partition coefficient (Wildman–Crippen LogP) is 5.55. The van der Waals surface area contributed by atoms with Gasteiger partial charge in [-0.1, -0.05) is 60.7 Å². The van der Waals surface area contributed by atoms with E-state index < -0.39 is 7.25 Å². The van der Waals surface area contributed by atoms with E-state index in [1.807, 2.05) is 9.24 Å². The molecule has 0 fully saturated rings. The second kappa shape index (κ2) is 8.12. The number of benzene rings is 3. The van der Waals surface area contributed by atoms with Crippen LogP contribution in [0.4, 0.5) is 17.3 Å². The quantitative estimate of drug-likeness (QED) is 0.323. The lowest BCUT2D eigenvalue weighted by Gasteiger charge is -2.06. The van der Waals surface area contributed by atoms with Crippen molar-refractivity contribution < 1.29 is 17.3 Å². The van der Waals surface area contributed by atoms with Crippen molar-refractivity contribution in [3.63, 3.8) is 0 Å². The van der Waals surface area contributed by atoms with Crippen LogP contribution in [-0.4, -0.2) is 7.25 Å². The van der Waals surface area contributed by atoms with Crippen LogP contribution in [0.1, 0.15) is 0 Å². The molecule has 0 aliphatic rings. The van der Waals surface area contributed by atoms with Gasteiger partial charge in [0.15, 0.2) is 0 Å². The molecule has 124 valence electrons. The summed E-state index contributed by atoms with van der Waals surface area (Å²) >= 11 is 0. The van der Waals surface area contributed by atoms with Gasteiger partial charge in [-0.05, 0) is 40.5 Å². The van der Waals surface area contributed by atoms with Crippen molar-refractivity contribution >= 4 is 21.8 Å². The van der Waals surface area contributed by atoms with E-state index in [4.69, 9.17) is 0 Å². The molecular formula is C18H16BF4P. The molecule has 6 heteroatoms. The Balaban J connectivity index is 0.000000368. The van der Waals surface area contributed by atoms with Crippen LogP contribution in [0.5, 0.6) is 0 Å². The number of halogens is 4. The van der Waals surface area contributed by atoms with Crippen molar-refractivity contribution in [2.45, 2.75) is 0 Å². The average molecular weight is 350 g/mol. The van der Waals surface area contributed by atoms with Gasteiger partial charge in [0.25, 0.3) is 0 Å². The Morgan fingerprint density at radius 3 is 1.21 bits per heavy atom. The standard InChI is InChI=1S/C18H15P.BF4/c19-18-12-16(14-7-3-1-4-8-14)11-17(13-18)15-9-5-2-6-10-15;2-1(3,4)5/h1-13H,19H2;/q;-1/p+1. The first-order valence-electron chi connectivity index (χ1n) is 7.28. The van der Waals surface area contributed by atoms with Gasteiger partial charge in [0.2, 0.25) is 0 Å². The van der Waals surface area contributed by atoms with Crippen molar-refractivity contribution in [1.82, 2.24) is 0 Å². The Morgan fingerprint density at radius 1 is 0.542 bits per heavy atom. The molecule has 24 heavy (non-hydrogen) atoms. The molecule has 0 heterocycles. The van der Waals surface area contributed by atoms with E-state index in [-0.39, 0.29) is 0 Å². The highest BCUT2D eigenvalue weighted by Gasteiger charge is 2.20. The third-order valence-electron chi connectivity index (χ3n) is 3.21. The van der Waals surface area contributed by atoms with Gasteiger partial charge in [-0.15, -0.1) is 0 Å². The van der Waals surface area contributed by atoms with Gasteiger partial charge in [0.1, 0.15) is 0 Å². The monoisotopic (exact) mass is 350 g/mol. The second-order valence-corrected chi connectivity index (χ2v) is 5.96. The van der Waals surface area contributed by atoms with Gasteiger partial charge in [-0.2, -0.15) is 0 Å². The zero-order valence-corrected chi connectivity index (χ0v) is 14.2. The molecule has 0 bridgehead atoms. The maximum Gasteiger partial charge on any atom is 0.673 e. The van der Waals surface area contributed by atoms with Crippen LogP contribution < -0.4 is 5.30 Å². The molecule has 1 atom stereocenters. The molecule has 0 aliphatic carbocycles. The zero-order chi connectivity index (χ0) is 17.6. The SMILES string of the molecule is F[B-](F)(F)F.[PH3+]c1cc(-c2ccccc2)cc(-c2ccccc2)c1. The third-order valence-corrected chi connectivity index (χ3v) is 3.62. The van der Waals surface area contributed by atoms with Gasteiger partial charge in [-0.3, -0.25) is 0 Å². The topological polar surface area (TPSA) is 0 Å². The van der Waals surface area contributed by atoms with E-state index in [1.165, 1.54) is 27.6 Å². The van der Waals surface area contributed by atoms with E-state index in [0.717, 1.165) is 0 Å². The summed E-state index contributed by atoms with van der Waals surface area (Å²) in [6.07, 6.45) is 0. The van der Waals surface area contributed by atoms with E-state index in [2.05, 4.69) is 78.9 Å². The lowest BCUT2D eigenvalue weighted by atomic mass is 9.99. The predicted molar refractivity (Wildman–Crippen MR) is 98.2 cm³/mol. The van der Waals surface area contributed by atoms with E-state index in [0.29, 0.717) is 0 Å². The molecular weight excluding hydrogens is 334 g/mol. The molecule has 3 aromatic carbocycles. The Morgan fingerprint density at radius 2 is 0.875 bits per heavy atom. The molecule has 0 radical (unpaired) electrons. The molecule has 0 nitrogen and oxygen atoms in total. The summed E-state index contributed by atoms with van der Waals surface area (Å²) in [4.78, 5) is 0. The molecule has 0 aliphatic heterocycles. The maximum absolute atomic E-state index is 9.75. The first-order chi connectivity index (χ1) is 11.3. The van der Waals surface area contributed by atoms with Crippen LogP contribution in [-0.2, 0) is 0 Å². The first-order valence-corrected chi connectivity index (χ1v) is 7.99. The largest absolute Gasteiger partial charge is 0.673 e. The fourth-order valence-electron chi connectivity index (χ4n) is 2.29. The van der Waals surface area contributed by atoms with Crippen LogP contribution in [0.2, 0.25) is 0 Å². The number of hydrogen-bond donors (Lipinski definition) is 0. The van der Waals surface area contributed by atoms with Gasteiger partial charge < -0.3 is 17.3 Å². The smallest absolute Gasteiger partial charge is 0.418 e. The van der Waals surface area contributed by atoms with Crippen molar-refractivity contribution in [1.29, 1.82) is 0 Å². The van der Waals surface area contributed by atoms with Gasteiger partial charge >= 0.3 is 7.25 Å².